The first kappa shape index (κ1) is 12.0. The van der Waals surface area contributed by atoms with E-state index in [2.05, 4.69) is 9.98 Å². The maximum atomic E-state index is 4.04. The normalized spacial score (nSPS) is 17.9. The molecular formula is C10H10N2W2. The molecule has 2 rings (SSSR count). The Balaban J connectivity index is 0.000000140. The molecule has 0 bridgehead atoms. The number of hydrogen-bond donors (Lipinski definition) is 0. The van der Waals surface area contributed by atoms with Gasteiger partial charge in [-0.15, -0.1) is 0 Å². The Morgan fingerprint density at radius 2 is 1.21 bits per heavy atom. The van der Waals surface area contributed by atoms with Gasteiger partial charge in [0, 0.05) is 0 Å². The van der Waals surface area contributed by atoms with Crippen molar-refractivity contribution in [3.05, 3.63) is 24.6 Å². The van der Waals surface area contributed by atoms with Crippen molar-refractivity contribution in [2.75, 3.05) is 0 Å². The van der Waals surface area contributed by atoms with Crippen LogP contribution in [0.4, 0.5) is 0 Å². The van der Waals surface area contributed by atoms with E-state index in [9.17, 15) is 0 Å². The van der Waals surface area contributed by atoms with Crippen LogP contribution in [0.3, 0.4) is 0 Å². The van der Waals surface area contributed by atoms with Crippen molar-refractivity contribution < 1.29 is 38.7 Å². The van der Waals surface area contributed by atoms with Crippen LogP contribution >= 0.6 is 0 Å². The summed E-state index contributed by atoms with van der Waals surface area (Å²) < 4.78 is 2.72. The molecule has 72 valence electrons. The van der Waals surface area contributed by atoms with Crippen molar-refractivity contribution in [2.45, 2.75) is 13.8 Å². The van der Waals surface area contributed by atoms with Crippen LogP contribution in [0.25, 0.3) is 0 Å². The second-order valence-electron chi connectivity index (χ2n) is 2.79. The van der Waals surface area contributed by atoms with E-state index in [-0.39, 0.29) is 0 Å². The quantitative estimate of drug-likeness (QED) is 0.457. The van der Waals surface area contributed by atoms with Gasteiger partial charge in [0.15, 0.2) is 0 Å². The number of hydrogen-bond acceptors (Lipinski definition) is 2. The molecule has 14 heavy (non-hydrogen) atoms. The third-order valence-electron chi connectivity index (χ3n) is 1.70. The van der Waals surface area contributed by atoms with E-state index < -0.39 is 0 Å². The number of aliphatic imine (C=N–C) groups is 2. The molecule has 0 saturated carbocycles. The zero-order valence-electron chi connectivity index (χ0n) is 8.02. The summed E-state index contributed by atoms with van der Waals surface area (Å²) in [5, 5.41) is 0. The Kier molecular flexibility index (Phi) is 4.91. The fraction of sp³-hybridized carbons (Fsp3) is 0.200. The molecule has 4 heteroatoms. The SMILES string of the molecule is CC1=NC=C[C]1=[W].CC1=NC=C[C]1=[W]. The van der Waals surface area contributed by atoms with Gasteiger partial charge in [-0.1, -0.05) is 0 Å². The fourth-order valence-corrected chi connectivity index (χ4v) is 1.62. The van der Waals surface area contributed by atoms with E-state index in [1.54, 1.807) is 0 Å². The minimum absolute atomic E-state index is 1.18. The molecule has 0 aliphatic carbocycles. The summed E-state index contributed by atoms with van der Waals surface area (Å²) in [5.41, 5.74) is 2.35. The molecule has 2 aliphatic rings. The molecule has 0 atom stereocenters. The van der Waals surface area contributed by atoms with Crippen LogP contribution in [-0.4, -0.2) is 19.2 Å². The van der Waals surface area contributed by atoms with Crippen LogP contribution in [0.2, 0.25) is 0 Å². The van der Waals surface area contributed by atoms with Gasteiger partial charge in [0.1, 0.15) is 0 Å². The van der Waals surface area contributed by atoms with Gasteiger partial charge < -0.3 is 0 Å². The van der Waals surface area contributed by atoms with Crippen LogP contribution in [0.15, 0.2) is 34.5 Å². The minimum atomic E-state index is 1.18. The monoisotopic (exact) mass is 526 g/mol. The van der Waals surface area contributed by atoms with Crippen molar-refractivity contribution >= 4 is 19.2 Å². The summed E-state index contributed by atoms with van der Waals surface area (Å²) in [6, 6.07) is 0. The molecule has 0 unspecified atom stereocenters. The second-order valence-corrected chi connectivity index (χ2v) is 5.95. The molecule has 0 aromatic heterocycles. The van der Waals surface area contributed by atoms with E-state index in [4.69, 9.17) is 0 Å². The Morgan fingerprint density at radius 1 is 0.857 bits per heavy atom. The van der Waals surface area contributed by atoms with Gasteiger partial charge in [-0.25, -0.2) is 0 Å². The van der Waals surface area contributed by atoms with Crippen molar-refractivity contribution in [3.8, 4) is 0 Å². The van der Waals surface area contributed by atoms with E-state index >= 15 is 0 Å². The van der Waals surface area contributed by atoms with Gasteiger partial charge in [-0.3, -0.25) is 0 Å². The Morgan fingerprint density at radius 3 is 1.29 bits per heavy atom. The molecule has 0 fully saturated rings. The molecule has 0 spiro atoms. The Hall–Kier alpha value is -0.0634. The first-order valence-electron chi connectivity index (χ1n) is 4.12. The number of allylic oxidation sites excluding steroid dienone is 2. The molecule has 2 heterocycles. The summed E-state index contributed by atoms with van der Waals surface area (Å²) in [6.07, 6.45) is 7.78. The van der Waals surface area contributed by atoms with Gasteiger partial charge >= 0.3 is 106 Å². The number of rotatable bonds is 0. The third kappa shape index (κ3) is 3.59. The van der Waals surface area contributed by atoms with Gasteiger partial charge in [0.2, 0.25) is 0 Å². The van der Waals surface area contributed by atoms with Crippen molar-refractivity contribution in [2.24, 2.45) is 9.98 Å². The molecule has 0 amide bonds. The van der Waals surface area contributed by atoms with E-state index in [1.807, 2.05) is 38.4 Å². The third-order valence-corrected chi connectivity index (χ3v) is 4.80. The molecule has 0 N–H and O–H groups in total. The molecule has 0 saturated heterocycles. The first-order chi connectivity index (χ1) is 6.61. The van der Waals surface area contributed by atoms with Crippen LogP contribution in [0.5, 0.6) is 0 Å². The standard InChI is InChI=1S/2C5H5N.2W/c2*1-5-3-2-4-6-5;;/h2*2,4H,1H3;;. The topological polar surface area (TPSA) is 24.7 Å². The molecule has 2 aliphatic heterocycles. The molecule has 2 nitrogen and oxygen atoms in total. The number of nitrogens with zero attached hydrogens (tertiary/aromatic N) is 2. The Bertz CT molecular complexity index is 349. The van der Waals surface area contributed by atoms with Crippen molar-refractivity contribution in [1.29, 1.82) is 0 Å². The van der Waals surface area contributed by atoms with E-state index in [0.717, 1.165) is 0 Å². The maximum absolute atomic E-state index is 4.04. The molecule has 0 aromatic carbocycles. The molecular weight excluding hydrogens is 516 g/mol. The summed E-state index contributed by atoms with van der Waals surface area (Å²) in [7, 11) is 0. The van der Waals surface area contributed by atoms with E-state index in [1.165, 1.54) is 57.9 Å². The van der Waals surface area contributed by atoms with Crippen LogP contribution in [-0.2, 0) is 38.7 Å². The van der Waals surface area contributed by atoms with Gasteiger partial charge in [-0.2, -0.15) is 0 Å². The van der Waals surface area contributed by atoms with Crippen molar-refractivity contribution in [1.82, 2.24) is 0 Å². The predicted octanol–water partition coefficient (Wildman–Crippen LogP) is 1.39. The average Bonchev–Trinajstić information content (AvgIpc) is 2.67. The van der Waals surface area contributed by atoms with Gasteiger partial charge in [0.05, 0.1) is 0 Å². The molecule has 0 radical (unpaired) electrons. The zero-order chi connectivity index (χ0) is 10.6. The van der Waals surface area contributed by atoms with E-state index in [0.29, 0.717) is 0 Å². The van der Waals surface area contributed by atoms with Crippen molar-refractivity contribution in [3.63, 3.8) is 0 Å². The summed E-state index contributed by atoms with van der Waals surface area (Å²) in [6.45, 7) is 4.06. The van der Waals surface area contributed by atoms with Crippen LogP contribution < -0.4 is 0 Å². The van der Waals surface area contributed by atoms with Gasteiger partial charge in [-0.05, 0) is 0 Å². The first-order valence-corrected chi connectivity index (χ1v) is 7.05. The Labute approximate surface area is 106 Å². The van der Waals surface area contributed by atoms with Gasteiger partial charge in [0.25, 0.3) is 0 Å². The second kappa shape index (κ2) is 5.73. The molecule has 0 aromatic rings. The zero-order valence-corrected chi connectivity index (χ0v) is 13.9. The van der Waals surface area contributed by atoms with Crippen LogP contribution in [0, 0.1) is 0 Å². The summed E-state index contributed by atoms with van der Waals surface area (Å²) in [4.78, 5) is 8.07. The fourth-order valence-electron chi connectivity index (χ4n) is 0.802. The summed E-state index contributed by atoms with van der Waals surface area (Å²) >= 11 is 3.01. The summed E-state index contributed by atoms with van der Waals surface area (Å²) in [5.74, 6) is 0. The van der Waals surface area contributed by atoms with Crippen LogP contribution in [0.1, 0.15) is 13.8 Å². The average molecular weight is 526 g/mol. The predicted molar refractivity (Wildman–Crippen MR) is 54.5 cm³/mol.